The SMILES string of the molecule is C#C.C#C.C#CCCCCCCCCCCCCC(C)C(=C)C.C=C(C)NC(CC(C)C)C(=C)C.CCCCC. The van der Waals surface area contributed by atoms with Crippen molar-refractivity contribution < 1.29 is 0 Å². The minimum Gasteiger partial charge on any atom is -0.383 e. The third-order valence-corrected chi connectivity index (χ3v) is 6.48. The van der Waals surface area contributed by atoms with Gasteiger partial charge in [-0.1, -0.05) is 143 Å². The molecule has 0 fully saturated rings. The second kappa shape index (κ2) is 41.2. The first-order valence-corrected chi connectivity index (χ1v) is 15.9. The zero-order valence-corrected chi connectivity index (χ0v) is 28.6. The van der Waals surface area contributed by atoms with Crippen molar-refractivity contribution in [2.24, 2.45) is 11.8 Å². The summed E-state index contributed by atoms with van der Waals surface area (Å²) in [6.45, 7) is 29.2. The Morgan fingerprint density at radius 1 is 0.650 bits per heavy atom. The lowest BCUT2D eigenvalue weighted by molar-refractivity contribution is 0.487. The van der Waals surface area contributed by atoms with Gasteiger partial charge >= 0.3 is 0 Å². The molecule has 1 nitrogen and oxygen atoms in total. The fraction of sp³-hybridized carbons (Fsp3) is 0.692. The van der Waals surface area contributed by atoms with E-state index in [1.165, 1.54) is 101 Å². The number of terminal acetylenes is 3. The van der Waals surface area contributed by atoms with E-state index in [4.69, 9.17) is 6.42 Å². The van der Waals surface area contributed by atoms with E-state index in [1.54, 1.807) is 0 Å². The predicted molar refractivity (Wildman–Crippen MR) is 189 cm³/mol. The highest BCUT2D eigenvalue weighted by atomic mass is 14.9. The van der Waals surface area contributed by atoms with Crippen LogP contribution in [0.3, 0.4) is 0 Å². The Morgan fingerprint density at radius 2 is 1.05 bits per heavy atom. The number of rotatable bonds is 20. The number of hydrogen-bond acceptors (Lipinski definition) is 1. The molecular weight excluding hydrogens is 482 g/mol. The highest BCUT2D eigenvalue weighted by Gasteiger charge is 2.10. The number of nitrogens with one attached hydrogen (secondary N) is 1. The van der Waals surface area contributed by atoms with Crippen LogP contribution in [0.4, 0.5) is 0 Å². The fourth-order valence-electron chi connectivity index (χ4n) is 3.84. The molecule has 2 atom stereocenters. The maximum atomic E-state index is 5.23. The summed E-state index contributed by atoms with van der Waals surface area (Å²) in [7, 11) is 0. The van der Waals surface area contributed by atoms with Crippen LogP contribution in [0, 0.1) is 49.9 Å². The molecule has 0 aromatic carbocycles. The molecule has 0 aromatic heterocycles. The van der Waals surface area contributed by atoms with E-state index in [1.807, 2.05) is 6.92 Å². The minimum atomic E-state index is 0.391. The van der Waals surface area contributed by atoms with Crippen molar-refractivity contribution in [3.8, 4) is 38.0 Å². The first-order valence-electron chi connectivity index (χ1n) is 15.9. The van der Waals surface area contributed by atoms with E-state index in [9.17, 15) is 0 Å². The maximum absolute atomic E-state index is 5.23. The van der Waals surface area contributed by atoms with Crippen LogP contribution in [0.5, 0.6) is 0 Å². The van der Waals surface area contributed by atoms with Crippen molar-refractivity contribution in [1.82, 2.24) is 5.32 Å². The second-order valence-electron chi connectivity index (χ2n) is 11.3. The quantitative estimate of drug-likeness (QED) is 0.0898. The van der Waals surface area contributed by atoms with Gasteiger partial charge in [-0.3, -0.25) is 0 Å². The van der Waals surface area contributed by atoms with E-state index < -0.39 is 0 Å². The van der Waals surface area contributed by atoms with Gasteiger partial charge in [-0.2, -0.15) is 0 Å². The van der Waals surface area contributed by atoms with E-state index in [0.717, 1.165) is 18.5 Å². The summed E-state index contributed by atoms with van der Waals surface area (Å²) in [5, 5.41) is 3.32. The fourth-order valence-corrected chi connectivity index (χ4v) is 3.84. The Kier molecular flexibility index (Phi) is 48.9. The Morgan fingerprint density at radius 3 is 1.32 bits per heavy atom. The van der Waals surface area contributed by atoms with Gasteiger partial charge in [0.25, 0.3) is 0 Å². The van der Waals surface area contributed by atoms with Crippen molar-refractivity contribution in [2.45, 2.75) is 164 Å². The molecule has 0 rings (SSSR count). The third-order valence-electron chi connectivity index (χ3n) is 6.48. The lowest BCUT2D eigenvalue weighted by atomic mass is 9.96. The van der Waals surface area contributed by atoms with Crippen LogP contribution in [0.25, 0.3) is 0 Å². The standard InChI is InChI=1S/C19H34.C11H21N.C5H12.2C2H2/c1-5-6-7-8-9-10-11-12-13-14-15-16-17-19(4)18(2)3;1-8(2)7-11(9(3)4)12-10(5)6;1-3-5-4-2;2*1-2/h1,19H,2,6-17H2,3-4H3;8,11-12H,3,5,7H2,1-2,4,6H3;3-5H2,1-2H3;2*1-2H. The molecule has 0 bridgehead atoms. The average Bonchev–Trinajstić information content (AvgIpc) is 2.91. The smallest absolute Gasteiger partial charge is 0.0467 e. The van der Waals surface area contributed by atoms with Crippen molar-refractivity contribution >= 4 is 0 Å². The van der Waals surface area contributed by atoms with Crippen LogP contribution in [-0.4, -0.2) is 6.04 Å². The third kappa shape index (κ3) is 48.7. The molecule has 0 saturated heterocycles. The largest absolute Gasteiger partial charge is 0.383 e. The summed E-state index contributed by atoms with van der Waals surface area (Å²) in [6.07, 6.45) is 42.5. The molecule has 0 aromatic rings. The van der Waals surface area contributed by atoms with Gasteiger partial charge in [0.2, 0.25) is 0 Å². The Bertz CT molecular complexity index is 616. The minimum absolute atomic E-state index is 0.391. The molecule has 1 N–H and O–H groups in total. The summed E-state index contributed by atoms with van der Waals surface area (Å²) in [4.78, 5) is 0. The van der Waals surface area contributed by atoms with Gasteiger partial charge in [0.05, 0.1) is 0 Å². The van der Waals surface area contributed by atoms with E-state index in [2.05, 4.69) is 105 Å². The Balaban J connectivity index is -0.000000165. The molecule has 0 aliphatic heterocycles. The molecule has 0 amide bonds. The van der Waals surface area contributed by atoms with Gasteiger partial charge in [-0.15, -0.1) is 38.0 Å². The average molecular weight is 554 g/mol. The van der Waals surface area contributed by atoms with Crippen LogP contribution < -0.4 is 5.32 Å². The molecule has 1 heteroatoms. The summed E-state index contributed by atoms with van der Waals surface area (Å²) in [5.41, 5.74) is 3.54. The molecular formula is C39H71N. The Labute approximate surface area is 255 Å². The van der Waals surface area contributed by atoms with Crippen LogP contribution in [0.15, 0.2) is 36.6 Å². The molecule has 0 radical (unpaired) electrons. The zero-order chi connectivity index (χ0) is 32.2. The van der Waals surface area contributed by atoms with Crippen LogP contribution in [0.1, 0.15) is 158 Å². The number of allylic oxidation sites excluding steroid dienone is 2. The normalized spacial score (nSPS) is 10.7. The van der Waals surface area contributed by atoms with Gasteiger partial charge < -0.3 is 5.32 Å². The van der Waals surface area contributed by atoms with Gasteiger partial charge in [0.15, 0.2) is 0 Å². The summed E-state index contributed by atoms with van der Waals surface area (Å²) in [6, 6.07) is 0.391. The summed E-state index contributed by atoms with van der Waals surface area (Å²) in [5.74, 6) is 4.11. The van der Waals surface area contributed by atoms with Gasteiger partial charge in [0, 0.05) is 18.2 Å². The first kappa shape index (κ1) is 47.5. The first-order chi connectivity index (χ1) is 19.0. The molecule has 0 aliphatic carbocycles. The number of hydrogen-bond donors (Lipinski definition) is 1. The van der Waals surface area contributed by atoms with Crippen molar-refractivity contribution in [3.05, 3.63) is 36.6 Å². The topological polar surface area (TPSA) is 12.0 Å². The van der Waals surface area contributed by atoms with Crippen molar-refractivity contribution in [2.75, 3.05) is 0 Å². The van der Waals surface area contributed by atoms with Gasteiger partial charge in [-0.05, 0) is 51.9 Å². The highest BCUT2D eigenvalue weighted by Crippen LogP contribution is 2.17. The summed E-state index contributed by atoms with van der Waals surface area (Å²) >= 11 is 0. The molecule has 2 unspecified atom stereocenters. The molecule has 0 saturated carbocycles. The molecule has 0 aliphatic rings. The second-order valence-corrected chi connectivity index (χ2v) is 11.3. The van der Waals surface area contributed by atoms with Gasteiger partial charge in [-0.25, -0.2) is 0 Å². The van der Waals surface area contributed by atoms with E-state index in [0.29, 0.717) is 17.9 Å². The Hall–Kier alpha value is -2.30. The monoisotopic (exact) mass is 554 g/mol. The highest BCUT2D eigenvalue weighted by molar-refractivity contribution is 5.06. The molecule has 232 valence electrons. The van der Waals surface area contributed by atoms with Crippen molar-refractivity contribution in [1.29, 1.82) is 0 Å². The predicted octanol–water partition coefficient (Wildman–Crippen LogP) is 12.3. The lowest BCUT2D eigenvalue weighted by Crippen LogP contribution is -2.29. The lowest BCUT2D eigenvalue weighted by Gasteiger charge is -2.21. The van der Waals surface area contributed by atoms with Crippen LogP contribution in [0.2, 0.25) is 0 Å². The maximum Gasteiger partial charge on any atom is 0.0467 e. The molecule has 0 heterocycles. The molecule has 0 spiro atoms. The van der Waals surface area contributed by atoms with Crippen LogP contribution in [-0.2, 0) is 0 Å². The summed E-state index contributed by atoms with van der Waals surface area (Å²) < 4.78 is 0. The van der Waals surface area contributed by atoms with Crippen molar-refractivity contribution in [3.63, 3.8) is 0 Å². The van der Waals surface area contributed by atoms with Crippen LogP contribution >= 0.6 is 0 Å². The van der Waals surface area contributed by atoms with E-state index in [-0.39, 0.29) is 0 Å². The number of unbranched alkanes of at least 4 members (excludes halogenated alkanes) is 12. The van der Waals surface area contributed by atoms with Gasteiger partial charge in [0.1, 0.15) is 0 Å². The molecule has 40 heavy (non-hydrogen) atoms. The zero-order valence-electron chi connectivity index (χ0n) is 28.6. The van der Waals surface area contributed by atoms with E-state index >= 15 is 0 Å².